The monoisotopic (exact) mass is 349 g/mol. The van der Waals surface area contributed by atoms with Crippen molar-refractivity contribution < 1.29 is 9.18 Å². The average Bonchev–Trinajstić information content (AvgIpc) is 3.02. The van der Waals surface area contributed by atoms with Crippen LogP contribution in [0.5, 0.6) is 0 Å². The van der Waals surface area contributed by atoms with Crippen LogP contribution in [0.3, 0.4) is 0 Å². The first-order chi connectivity index (χ1) is 7.56. The topological polar surface area (TPSA) is 29.1 Å². The Morgan fingerprint density at radius 1 is 1.50 bits per heavy atom. The van der Waals surface area contributed by atoms with E-state index < -0.39 is 5.82 Å². The summed E-state index contributed by atoms with van der Waals surface area (Å²) in [5, 5.41) is 3.65. The van der Waals surface area contributed by atoms with Gasteiger partial charge in [-0.3, -0.25) is 4.79 Å². The van der Waals surface area contributed by atoms with Crippen LogP contribution in [-0.4, -0.2) is 16.8 Å². The van der Waals surface area contributed by atoms with Gasteiger partial charge in [-0.05, 0) is 47.0 Å². The van der Waals surface area contributed by atoms with Crippen molar-refractivity contribution in [3.8, 4) is 0 Å². The molecular formula is C11H10Br2FNO. The maximum Gasteiger partial charge on any atom is 0.251 e. The lowest BCUT2D eigenvalue weighted by atomic mass is 10.2. The molecule has 0 aliphatic heterocycles. The van der Waals surface area contributed by atoms with Crippen LogP contribution in [0, 0.1) is 5.82 Å². The van der Waals surface area contributed by atoms with Gasteiger partial charge in [0, 0.05) is 10.9 Å². The number of halogens is 3. The van der Waals surface area contributed by atoms with E-state index in [0.29, 0.717) is 10.0 Å². The first kappa shape index (κ1) is 12.0. The third-order valence-corrected chi connectivity index (χ3v) is 4.39. The number of benzene rings is 1. The van der Waals surface area contributed by atoms with Crippen molar-refractivity contribution in [1.29, 1.82) is 0 Å². The Bertz CT molecular complexity index is 432. The molecule has 1 aromatic rings. The maximum atomic E-state index is 13.2. The predicted octanol–water partition coefficient (Wildman–Crippen LogP) is 3.25. The minimum Gasteiger partial charge on any atom is -0.346 e. The highest BCUT2D eigenvalue weighted by Gasteiger charge is 2.42. The van der Waals surface area contributed by atoms with E-state index in [9.17, 15) is 9.18 Å². The Morgan fingerprint density at radius 3 is 2.69 bits per heavy atom. The summed E-state index contributed by atoms with van der Waals surface area (Å²) in [6.45, 7) is 0. The largest absolute Gasteiger partial charge is 0.346 e. The lowest BCUT2D eigenvalue weighted by Crippen LogP contribution is -2.38. The number of carbonyl (C=O) groups excluding carboxylic acids is 1. The fraction of sp³-hybridized carbons (Fsp3) is 0.364. The average molecular weight is 351 g/mol. The molecule has 0 saturated heterocycles. The molecule has 16 heavy (non-hydrogen) atoms. The van der Waals surface area contributed by atoms with E-state index in [0.717, 1.165) is 18.2 Å². The molecule has 2 rings (SSSR count). The van der Waals surface area contributed by atoms with Crippen LogP contribution < -0.4 is 5.32 Å². The molecule has 0 bridgehead atoms. The van der Waals surface area contributed by atoms with Gasteiger partial charge in [-0.2, -0.15) is 0 Å². The zero-order valence-electron chi connectivity index (χ0n) is 8.40. The lowest BCUT2D eigenvalue weighted by Gasteiger charge is -2.14. The molecule has 0 spiro atoms. The number of hydrogen-bond donors (Lipinski definition) is 1. The van der Waals surface area contributed by atoms with Crippen molar-refractivity contribution in [2.24, 2.45) is 0 Å². The summed E-state index contributed by atoms with van der Waals surface area (Å²) in [7, 11) is 0. The van der Waals surface area contributed by atoms with Gasteiger partial charge in [0.25, 0.3) is 5.91 Å². The van der Waals surface area contributed by atoms with Crippen LogP contribution in [0.2, 0.25) is 0 Å². The van der Waals surface area contributed by atoms with Crippen molar-refractivity contribution in [2.45, 2.75) is 18.4 Å². The van der Waals surface area contributed by atoms with Gasteiger partial charge in [0.1, 0.15) is 5.82 Å². The van der Waals surface area contributed by atoms with Crippen LogP contribution in [-0.2, 0) is 0 Å². The Kier molecular flexibility index (Phi) is 3.35. The fourth-order valence-corrected chi connectivity index (χ4v) is 2.34. The van der Waals surface area contributed by atoms with Crippen molar-refractivity contribution in [3.63, 3.8) is 0 Å². The Hall–Kier alpha value is -0.420. The standard InChI is InChI=1S/C11H10Br2FNO/c12-6-11(3-4-11)15-10(16)7-1-2-8(13)9(14)5-7/h1-2,5H,3-4,6H2,(H,15,16). The molecule has 0 atom stereocenters. The Morgan fingerprint density at radius 2 is 2.19 bits per heavy atom. The van der Waals surface area contributed by atoms with Crippen LogP contribution in [0.4, 0.5) is 4.39 Å². The van der Waals surface area contributed by atoms with E-state index in [1.165, 1.54) is 12.1 Å². The number of amides is 1. The van der Waals surface area contributed by atoms with E-state index in [-0.39, 0.29) is 11.4 Å². The minimum atomic E-state index is -0.420. The molecule has 0 radical (unpaired) electrons. The Balaban J connectivity index is 2.12. The van der Waals surface area contributed by atoms with Crippen LogP contribution >= 0.6 is 31.9 Å². The maximum absolute atomic E-state index is 13.2. The lowest BCUT2D eigenvalue weighted by molar-refractivity contribution is 0.0936. The highest BCUT2D eigenvalue weighted by Crippen LogP contribution is 2.37. The molecule has 1 aromatic carbocycles. The molecular weight excluding hydrogens is 341 g/mol. The third kappa shape index (κ3) is 2.46. The molecule has 1 amide bonds. The normalized spacial score (nSPS) is 16.9. The molecule has 1 aliphatic rings. The number of nitrogens with one attached hydrogen (secondary N) is 1. The number of alkyl halides is 1. The first-order valence-corrected chi connectivity index (χ1v) is 6.81. The van der Waals surface area contributed by atoms with Gasteiger partial charge >= 0.3 is 0 Å². The third-order valence-electron chi connectivity index (χ3n) is 2.67. The van der Waals surface area contributed by atoms with Crippen molar-refractivity contribution in [2.75, 3.05) is 5.33 Å². The van der Waals surface area contributed by atoms with Crippen LogP contribution in [0.25, 0.3) is 0 Å². The SMILES string of the molecule is O=C(NC1(CBr)CC1)c1ccc(Br)c(F)c1. The minimum absolute atomic E-state index is 0.110. The van der Waals surface area contributed by atoms with E-state index in [1.807, 2.05) is 0 Å². The van der Waals surface area contributed by atoms with Gasteiger partial charge in [0.15, 0.2) is 0 Å². The van der Waals surface area contributed by atoms with Crippen LogP contribution in [0.15, 0.2) is 22.7 Å². The van der Waals surface area contributed by atoms with Crippen molar-refractivity contribution >= 4 is 37.8 Å². The smallest absolute Gasteiger partial charge is 0.251 e. The highest BCUT2D eigenvalue weighted by molar-refractivity contribution is 9.10. The number of rotatable bonds is 3. The molecule has 2 nitrogen and oxygen atoms in total. The second-order valence-electron chi connectivity index (χ2n) is 4.00. The molecule has 0 aromatic heterocycles. The summed E-state index contributed by atoms with van der Waals surface area (Å²) in [4.78, 5) is 11.8. The van der Waals surface area contributed by atoms with E-state index in [1.54, 1.807) is 6.07 Å². The molecule has 86 valence electrons. The van der Waals surface area contributed by atoms with E-state index in [2.05, 4.69) is 37.2 Å². The summed E-state index contributed by atoms with van der Waals surface area (Å²) in [6, 6.07) is 4.38. The second kappa shape index (κ2) is 4.45. The molecule has 1 aliphatic carbocycles. The summed E-state index contributed by atoms with van der Waals surface area (Å²) in [6.07, 6.45) is 1.95. The van der Waals surface area contributed by atoms with Gasteiger partial charge in [-0.25, -0.2) is 4.39 Å². The summed E-state index contributed by atoms with van der Waals surface area (Å²) in [5.41, 5.74) is 0.244. The van der Waals surface area contributed by atoms with E-state index >= 15 is 0 Å². The van der Waals surface area contributed by atoms with Gasteiger partial charge in [-0.15, -0.1) is 0 Å². The van der Waals surface area contributed by atoms with Crippen LogP contribution in [0.1, 0.15) is 23.2 Å². The first-order valence-electron chi connectivity index (χ1n) is 4.90. The van der Waals surface area contributed by atoms with Crippen molar-refractivity contribution in [3.05, 3.63) is 34.1 Å². The quantitative estimate of drug-likeness (QED) is 0.833. The van der Waals surface area contributed by atoms with Crippen molar-refractivity contribution in [1.82, 2.24) is 5.32 Å². The second-order valence-corrected chi connectivity index (χ2v) is 5.41. The highest BCUT2D eigenvalue weighted by atomic mass is 79.9. The zero-order valence-corrected chi connectivity index (χ0v) is 11.6. The summed E-state index contributed by atoms with van der Waals surface area (Å²) < 4.78 is 13.6. The number of carbonyl (C=O) groups is 1. The number of hydrogen-bond acceptors (Lipinski definition) is 1. The summed E-state index contributed by atoms with van der Waals surface area (Å²) in [5.74, 6) is -0.639. The van der Waals surface area contributed by atoms with Gasteiger partial charge < -0.3 is 5.32 Å². The molecule has 1 fully saturated rings. The molecule has 0 heterocycles. The fourth-order valence-electron chi connectivity index (χ4n) is 1.39. The van der Waals surface area contributed by atoms with Gasteiger partial charge in [0.2, 0.25) is 0 Å². The zero-order chi connectivity index (χ0) is 11.8. The predicted molar refractivity (Wildman–Crippen MR) is 67.3 cm³/mol. The molecule has 5 heteroatoms. The van der Waals surface area contributed by atoms with Gasteiger partial charge in [0.05, 0.1) is 10.0 Å². The van der Waals surface area contributed by atoms with Gasteiger partial charge in [-0.1, -0.05) is 15.9 Å². The molecule has 1 saturated carbocycles. The molecule has 0 unspecified atom stereocenters. The van der Waals surface area contributed by atoms with E-state index in [4.69, 9.17) is 0 Å². The summed E-state index contributed by atoms with van der Waals surface area (Å²) >= 11 is 6.42. The molecule has 1 N–H and O–H groups in total. The Labute approximate surface area is 110 Å².